The van der Waals surface area contributed by atoms with Crippen LogP contribution in [0.3, 0.4) is 0 Å². The third-order valence-corrected chi connectivity index (χ3v) is 6.45. The van der Waals surface area contributed by atoms with Gasteiger partial charge in [0, 0.05) is 9.17 Å². The Morgan fingerprint density at radius 2 is 1.91 bits per heavy atom. The van der Waals surface area contributed by atoms with Crippen LogP contribution in [0.1, 0.15) is 5.56 Å². The van der Waals surface area contributed by atoms with Gasteiger partial charge in [0.1, 0.15) is 15.7 Å². The third-order valence-electron chi connectivity index (χ3n) is 3.25. The van der Waals surface area contributed by atoms with Crippen molar-refractivity contribution < 1.29 is 12.8 Å². The van der Waals surface area contributed by atoms with E-state index in [0.717, 1.165) is 21.7 Å². The molecule has 3 nitrogen and oxygen atoms in total. The van der Waals surface area contributed by atoms with E-state index in [-0.39, 0.29) is 4.90 Å². The molecule has 22 heavy (non-hydrogen) atoms. The highest BCUT2D eigenvalue weighted by Crippen LogP contribution is 2.36. The molecule has 0 bridgehead atoms. The van der Waals surface area contributed by atoms with Gasteiger partial charge >= 0.3 is 0 Å². The number of fused-ring (bicyclic) bond motifs is 1. The molecule has 0 unspecified atom stereocenters. The zero-order chi connectivity index (χ0) is 15.9. The first-order chi connectivity index (χ1) is 10.4. The van der Waals surface area contributed by atoms with Gasteiger partial charge in [0.25, 0.3) is 10.0 Å². The molecule has 1 heterocycles. The molecule has 0 fully saturated rings. The van der Waals surface area contributed by atoms with Crippen LogP contribution < -0.4 is 4.72 Å². The predicted molar refractivity (Wildman–Crippen MR) is 91.5 cm³/mol. The Morgan fingerprint density at radius 3 is 2.59 bits per heavy atom. The van der Waals surface area contributed by atoms with Crippen molar-refractivity contribution in [1.82, 2.24) is 0 Å². The molecule has 114 valence electrons. The molecule has 0 saturated heterocycles. The van der Waals surface area contributed by atoms with Crippen molar-refractivity contribution in [2.24, 2.45) is 0 Å². The standard InChI is InChI=1S/C15H11BrFNO2S2/c1-9-11-4-2-3-5-13(11)21-15(9)18-22(19,20)14-7-6-10(16)8-12(14)17/h2-8,18H,1H3. The predicted octanol–water partition coefficient (Wildman–Crippen LogP) is 4.91. The van der Waals surface area contributed by atoms with Crippen LogP contribution in [0.5, 0.6) is 0 Å². The fourth-order valence-corrected chi connectivity index (χ4v) is 5.00. The van der Waals surface area contributed by atoms with E-state index in [9.17, 15) is 12.8 Å². The Labute approximate surface area is 140 Å². The minimum atomic E-state index is -3.97. The van der Waals surface area contributed by atoms with Crippen LogP contribution >= 0.6 is 27.3 Å². The minimum absolute atomic E-state index is 0.368. The fraction of sp³-hybridized carbons (Fsp3) is 0.0667. The van der Waals surface area contributed by atoms with Gasteiger partial charge < -0.3 is 0 Å². The molecule has 1 aromatic heterocycles. The molecule has 0 radical (unpaired) electrons. The van der Waals surface area contributed by atoms with Crippen molar-refractivity contribution in [2.75, 3.05) is 4.72 Å². The molecule has 3 aromatic rings. The van der Waals surface area contributed by atoms with E-state index in [2.05, 4.69) is 20.7 Å². The summed E-state index contributed by atoms with van der Waals surface area (Å²) in [7, 11) is -3.97. The maximum absolute atomic E-state index is 13.9. The number of sulfonamides is 1. The Balaban J connectivity index is 2.05. The van der Waals surface area contributed by atoms with Crippen molar-refractivity contribution in [3.05, 3.63) is 58.3 Å². The average Bonchev–Trinajstić information content (AvgIpc) is 2.75. The molecule has 0 atom stereocenters. The Kier molecular flexibility index (Phi) is 3.96. The summed E-state index contributed by atoms with van der Waals surface area (Å²) in [6, 6.07) is 11.5. The molecule has 1 N–H and O–H groups in total. The molecule has 0 spiro atoms. The number of hydrogen-bond donors (Lipinski definition) is 1. The first-order valence-electron chi connectivity index (χ1n) is 6.34. The third kappa shape index (κ3) is 2.76. The number of aryl methyl sites for hydroxylation is 1. The Morgan fingerprint density at radius 1 is 1.18 bits per heavy atom. The van der Waals surface area contributed by atoms with Crippen molar-refractivity contribution in [3.8, 4) is 0 Å². The smallest absolute Gasteiger partial charge is 0.265 e. The van der Waals surface area contributed by atoms with Gasteiger partial charge in [-0.15, -0.1) is 11.3 Å². The Bertz CT molecular complexity index is 967. The first kappa shape index (κ1) is 15.5. The number of anilines is 1. The van der Waals surface area contributed by atoms with Crippen LogP contribution in [0, 0.1) is 12.7 Å². The van der Waals surface area contributed by atoms with Crippen molar-refractivity contribution in [3.63, 3.8) is 0 Å². The van der Waals surface area contributed by atoms with Crippen molar-refractivity contribution in [1.29, 1.82) is 0 Å². The lowest BCUT2D eigenvalue weighted by atomic mass is 10.2. The molecule has 0 aliphatic heterocycles. The van der Waals surface area contributed by atoms with E-state index in [4.69, 9.17) is 0 Å². The zero-order valence-electron chi connectivity index (χ0n) is 11.4. The number of nitrogens with one attached hydrogen (secondary N) is 1. The molecule has 7 heteroatoms. The first-order valence-corrected chi connectivity index (χ1v) is 9.44. The molecule has 3 rings (SSSR count). The number of thiophene rings is 1. The van der Waals surface area contributed by atoms with Gasteiger partial charge in [-0.3, -0.25) is 4.72 Å². The monoisotopic (exact) mass is 399 g/mol. The van der Waals surface area contributed by atoms with Crippen LogP contribution in [-0.2, 0) is 10.0 Å². The van der Waals surface area contributed by atoms with E-state index in [0.29, 0.717) is 9.47 Å². The summed E-state index contributed by atoms with van der Waals surface area (Å²) in [6.45, 7) is 1.84. The molecular formula is C15H11BrFNO2S2. The van der Waals surface area contributed by atoms with E-state index in [1.807, 2.05) is 31.2 Å². The van der Waals surface area contributed by atoms with Crippen LogP contribution in [0.2, 0.25) is 0 Å². The quantitative estimate of drug-likeness (QED) is 0.679. The van der Waals surface area contributed by atoms with Gasteiger partial charge in [0.05, 0.1) is 0 Å². The SMILES string of the molecule is Cc1c(NS(=O)(=O)c2ccc(Br)cc2F)sc2ccccc12. The normalized spacial score (nSPS) is 11.8. The number of hydrogen-bond acceptors (Lipinski definition) is 3. The summed E-state index contributed by atoms with van der Waals surface area (Å²) in [6.07, 6.45) is 0. The van der Waals surface area contributed by atoms with Crippen molar-refractivity contribution >= 4 is 52.4 Å². The van der Waals surface area contributed by atoms with Crippen LogP contribution in [0.15, 0.2) is 51.8 Å². The molecule has 0 saturated carbocycles. The second-order valence-electron chi connectivity index (χ2n) is 4.73. The second kappa shape index (κ2) is 5.64. The summed E-state index contributed by atoms with van der Waals surface area (Å²) in [5, 5.41) is 1.49. The summed E-state index contributed by atoms with van der Waals surface area (Å²) in [5.74, 6) is -0.791. The van der Waals surface area contributed by atoms with Crippen molar-refractivity contribution in [2.45, 2.75) is 11.8 Å². The highest BCUT2D eigenvalue weighted by atomic mass is 79.9. The zero-order valence-corrected chi connectivity index (χ0v) is 14.6. The van der Waals surface area contributed by atoms with E-state index < -0.39 is 15.8 Å². The highest BCUT2D eigenvalue weighted by molar-refractivity contribution is 9.10. The van der Waals surface area contributed by atoms with E-state index >= 15 is 0 Å². The molecular weight excluding hydrogens is 389 g/mol. The number of benzene rings is 2. The maximum Gasteiger partial charge on any atom is 0.265 e. The fourth-order valence-electron chi connectivity index (χ4n) is 2.14. The molecule has 0 amide bonds. The average molecular weight is 400 g/mol. The Hall–Kier alpha value is -1.44. The van der Waals surface area contributed by atoms with Gasteiger partial charge in [-0.05, 0) is 42.1 Å². The number of halogens is 2. The van der Waals surface area contributed by atoms with Gasteiger partial charge in [0.15, 0.2) is 0 Å². The van der Waals surface area contributed by atoms with Crippen LogP contribution in [0.4, 0.5) is 9.39 Å². The summed E-state index contributed by atoms with van der Waals surface area (Å²) in [5.41, 5.74) is 0.835. The summed E-state index contributed by atoms with van der Waals surface area (Å²) >= 11 is 4.44. The molecule has 0 aliphatic carbocycles. The van der Waals surface area contributed by atoms with Gasteiger partial charge in [0.2, 0.25) is 0 Å². The topological polar surface area (TPSA) is 46.2 Å². The second-order valence-corrected chi connectivity index (χ2v) is 8.35. The molecule has 2 aromatic carbocycles. The summed E-state index contributed by atoms with van der Waals surface area (Å²) < 4.78 is 42.7. The van der Waals surface area contributed by atoms with Gasteiger partial charge in [-0.2, -0.15) is 0 Å². The summed E-state index contributed by atoms with van der Waals surface area (Å²) in [4.78, 5) is -0.368. The highest BCUT2D eigenvalue weighted by Gasteiger charge is 2.21. The van der Waals surface area contributed by atoms with Crippen LogP contribution in [-0.4, -0.2) is 8.42 Å². The van der Waals surface area contributed by atoms with Crippen LogP contribution in [0.25, 0.3) is 10.1 Å². The lowest BCUT2D eigenvalue weighted by molar-refractivity contribution is 0.570. The van der Waals surface area contributed by atoms with Gasteiger partial charge in [-0.1, -0.05) is 34.1 Å². The largest absolute Gasteiger partial charge is 0.270 e. The maximum atomic E-state index is 13.9. The van der Waals surface area contributed by atoms with Gasteiger partial charge in [-0.25, -0.2) is 12.8 Å². The lowest BCUT2D eigenvalue weighted by Crippen LogP contribution is -2.14. The minimum Gasteiger partial charge on any atom is -0.270 e. The molecule has 0 aliphatic rings. The lowest BCUT2D eigenvalue weighted by Gasteiger charge is -2.08. The van der Waals surface area contributed by atoms with E-state index in [1.165, 1.54) is 23.5 Å². The number of rotatable bonds is 3. The van der Waals surface area contributed by atoms with E-state index in [1.54, 1.807) is 0 Å².